The second-order valence-electron chi connectivity index (χ2n) is 4.69. The summed E-state index contributed by atoms with van der Waals surface area (Å²) in [4.78, 5) is 11.2. The van der Waals surface area contributed by atoms with Crippen molar-refractivity contribution < 1.29 is 9.18 Å². The van der Waals surface area contributed by atoms with Crippen LogP contribution in [0.1, 0.15) is 49.1 Å². The quantitative estimate of drug-likeness (QED) is 0.816. The summed E-state index contributed by atoms with van der Waals surface area (Å²) in [6, 6.07) is 3.19. The molecule has 2 nitrogen and oxygen atoms in total. The lowest BCUT2D eigenvalue weighted by molar-refractivity contribution is -0.116. The lowest BCUT2D eigenvalue weighted by atomic mass is 9.97. The fourth-order valence-electron chi connectivity index (χ4n) is 2.20. The molecule has 4 heteroatoms. The highest BCUT2D eigenvalue weighted by Crippen LogP contribution is 2.33. The van der Waals surface area contributed by atoms with Crippen LogP contribution in [-0.2, 0) is 11.2 Å². The van der Waals surface area contributed by atoms with Crippen LogP contribution < -0.4 is 5.32 Å². The van der Waals surface area contributed by atoms with Gasteiger partial charge in [-0.3, -0.25) is 4.79 Å². The molecular weight excluding hydrogens is 253 g/mol. The summed E-state index contributed by atoms with van der Waals surface area (Å²) >= 11 is 6.23. The first kappa shape index (κ1) is 13.3. The van der Waals surface area contributed by atoms with Gasteiger partial charge < -0.3 is 5.32 Å². The van der Waals surface area contributed by atoms with Crippen LogP contribution in [0.25, 0.3) is 0 Å². The Morgan fingerprint density at radius 1 is 1.44 bits per heavy atom. The molecule has 1 aromatic carbocycles. The minimum atomic E-state index is -0.327. The van der Waals surface area contributed by atoms with Gasteiger partial charge in [-0.25, -0.2) is 4.39 Å². The third kappa shape index (κ3) is 2.83. The van der Waals surface area contributed by atoms with E-state index in [-0.39, 0.29) is 17.1 Å². The number of hydrogen-bond acceptors (Lipinski definition) is 1. The van der Waals surface area contributed by atoms with Crippen LogP contribution in [0.4, 0.5) is 10.1 Å². The SMILES string of the molecule is CCCCC(Cl)c1cc2c(cc1F)NC(=O)CC2. The number of amides is 1. The topological polar surface area (TPSA) is 29.1 Å². The summed E-state index contributed by atoms with van der Waals surface area (Å²) in [7, 11) is 0. The van der Waals surface area contributed by atoms with Gasteiger partial charge >= 0.3 is 0 Å². The molecule has 0 saturated carbocycles. The van der Waals surface area contributed by atoms with Crippen molar-refractivity contribution in [1.82, 2.24) is 0 Å². The normalized spacial score (nSPS) is 16.1. The molecule has 0 aliphatic carbocycles. The van der Waals surface area contributed by atoms with Crippen LogP contribution in [0.15, 0.2) is 12.1 Å². The van der Waals surface area contributed by atoms with E-state index in [0.717, 1.165) is 24.8 Å². The van der Waals surface area contributed by atoms with E-state index in [4.69, 9.17) is 11.6 Å². The molecule has 0 saturated heterocycles. The number of rotatable bonds is 4. The Morgan fingerprint density at radius 2 is 2.22 bits per heavy atom. The maximum absolute atomic E-state index is 13.9. The van der Waals surface area contributed by atoms with Gasteiger partial charge in [0.2, 0.25) is 5.91 Å². The monoisotopic (exact) mass is 269 g/mol. The Hall–Kier alpha value is -1.09. The third-order valence-corrected chi connectivity index (χ3v) is 3.72. The maximum atomic E-state index is 13.9. The molecule has 18 heavy (non-hydrogen) atoms. The highest BCUT2D eigenvalue weighted by molar-refractivity contribution is 6.20. The van der Waals surface area contributed by atoms with Gasteiger partial charge in [0, 0.05) is 17.7 Å². The first-order valence-corrected chi connectivity index (χ1v) is 6.81. The van der Waals surface area contributed by atoms with Crippen molar-refractivity contribution in [2.75, 3.05) is 5.32 Å². The number of aryl methyl sites for hydroxylation is 1. The number of anilines is 1. The minimum Gasteiger partial charge on any atom is -0.326 e. The highest BCUT2D eigenvalue weighted by Gasteiger charge is 2.20. The van der Waals surface area contributed by atoms with Crippen molar-refractivity contribution in [2.45, 2.75) is 44.4 Å². The van der Waals surface area contributed by atoms with Gasteiger partial charge in [0.15, 0.2) is 0 Å². The van der Waals surface area contributed by atoms with E-state index in [2.05, 4.69) is 12.2 Å². The molecule has 1 aliphatic heterocycles. The summed E-state index contributed by atoms with van der Waals surface area (Å²) in [6.45, 7) is 2.09. The van der Waals surface area contributed by atoms with Gasteiger partial charge in [-0.05, 0) is 30.5 Å². The number of halogens is 2. The molecule has 2 rings (SSSR count). The summed E-state index contributed by atoms with van der Waals surface area (Å²) < 4.78 is 13.9. The Bertz CT molecular complexity index is 461. The van der Waals surface area contributed by atoms with Crippen LogP contribution in [0, 0.1) is 5.82 Å². The lowest BCUT2D eigenvalue weighted by Gasteiger charge is -2.20. The number of hydrogen-bond donors (Lipinski definition) is 1. The van der Waals surface area contributed by atoms with Gasteiger partial charge in [-0.1, -0.05) is 19.8 Å². The summed E-state index contributed by atoms with van der Waals surface area (Å²) in [5.41, 5.74) is 2.13. The molecule has 0 radical (unpaired) electrons. The smallest absolute Gasteiger partial charge is 0.224 e. The van der Waals surface area contributed by atoms with E-state index in [1.807, 2.05) is 0 Å². The van der Waals surface area contributed by atoms with Crippen LogP contribution in [0.5, 0.6) is 0 Å². The van der Waals surface area contributed by atoms with E-state index in [9.17, 15) is 9.18 Å². The largest absolute Gasteiger partial charge is 0.326 e. The Kier molecular flexibility index (Phi) is 4.23. The molecule has 1 unspecified atom stereocenters. The lowest BCUT2D eigenvalue weighted by Crippen LogP contribution is -2.19. The van der Waals surface area contributed by atoms with Crippen molar-refractivity contribution in [1.29, 1.82) is 0 Å². The Balaban J connectivity index is 2.24. The summed E-state index contributed by atoms with van der Waals surface area (Å²) in [5, 5.41) is 2.40. The molecular formula is C14H17ClFNO. The number of unbranched alkanes of at least 4 members (excludes halogenated alkanes) is 1. The molecule has 98 valence electrons. The number of fused-ring (bicyclic) bond motifs is 1. The van der Waals surface area contributed by atoms with Crippen molar-refractivity contribution in [3.63, 3.8) is 0 Å². The average molecular weight is 270 g/mol. The minimum absolute atomic E-state index is 0.0527. The van der Waals surface area contributed by atoms with Crippen molar-refractivity contribution in [3.8, 4) is 0 Å². The van der Waals surface area contributed by atoms with Crippen molar-refractivity contribution >= 4 is 23.2 Å². The zero-order valence-corrected chi connectivity index (χ0v) is 11.2. The molecule has 0 aromatic heterocycles. The van der Waals surface area contributed by atoms with Gasteiger partial charge in [-0.2, -0.15) is 0 Å². The second kappa shape index (κ2) is 5.70. The number of benzene rings is 1. The fourth-order valence-corrected chi connectivity index (χ4v) is 2.52. The first-order valence-electron chi connectivity index (χ1n) is 6.38. The first-order chi connectivity index (χ1) is 8.61. The molecule has 1 heterocycles. The molecule has 1 N–H and O–H groups in total. The highest BCUT2D eigenvalue weighted by atomic mass is 35.5. The molecule has 1 aliphatic rings. The predicted octanol–water partition coefficient (Wildman–Crippen LogP) is 4.18. The fraction of sp³-hybridized carbons (Fsp3) is 0.500. The summed E-state index contributed by atoms with van der Waals surface area (Å²) in [5.74, 6) is -0.380. The summed E-state index contributed by atoms with van der Waals surface area (Å²) in [6.07, 6.45) is 3.93. The molecule has 0 bridgehead atoms. The van der Waals surface area contributed by atoms with Gasteiger partial charge in [0.25, 0.3) is 0 Å². The molecule has 1 amide bonds. The van der Waals surface area contributed by atoms with Gasteiger partial charge in [0.1, 0.15) is 5.82 Å². The van der Waals surface area contributed by atoms with E-state index < -0.39 is 0 Å². The van der Waals surface area contributed by atoms with E-state index in [1.165, 1.54) is 6.07 Å². The van der Waals surface area contributed by atoms with E-state index in [0.29, 0.717) is 24.1 Å². The van der Waals surface area contributed by atoms with E-state index >= 15 is 0 Å². The van der Waals surface area contributed by atoms with Crippen LogP contribution in [-0.4, -0.2) is 5.91 Å². The maximum Gasteiger partial charge on any atom is 0.224 e. The zero-order valence-electron chi connectivity index (χ0n) is 10.4. The van der Waals surface area contributed by atoms with Gasteiger partial charge in [-0.15, -0.1) is 11.6 Å². The number of carbonyl (C=O) groups excluding carboxylic acids is 1. The average Bonchev–Trinajstić information content (AvgIpc) is 2.35. The standard InChI is InChI=1S/C14H17ClFNO/c1-2-3-4-11(15)10-7-9-5-6-14(18)17-13(9)8-12(10)16/h7-8,11H,2-6H2,1H3,(H,17,18). The van der Waals surface area contributed by atoms with Crippen LogP contribution in [0.2, 0.25) is 0 Å². The van der Waals surface area contributed by atoms with Crippen molar-refractivity contribution in [2.24, 2.45) is 0 Å². The number of alkyl halides is 1. The van der Waals surface area contributed by atoms with Gasteiger partial charge in [0.05, 0.1) is 5.38 Å². The Morgan fingerprint density at radius 3 is 2.94 bits per heavy atom. The molecule has 0 spiro atoms. The zero-order chi connectivity index (χ0) is 13.1. The molecule has 0 fully saturated rings. The third-order valence-electron chi connectivity index (χ3n) is 3.27. The second-order valence-corrected chi connectivity index (χ2v) is 5.22. The predicted molar refractivity (Wildman–Crippen MR) is 71.5 cm³/mol. The number of carbonyl (C=O) groups is 1. The molecule has 1 atom stereocenters. The number of nitrogens with one attached hydrogen (secondary N) is 1. The molecule has 1 aromatic rings. The van der Waals surface area contributed by atoms with Crippen molar-refractivity contribution in [3.05, 3.63) is 29.1 Å². The van der Waals surface area contributed by atoms with E-state index in [1.54, 1.807) is 6.07 Å². The Labute approximate surface area is 112 Å². The van der Waals surface area contributed by atoms with Crippen LogP contribution in [0.3, 0.4) is 0 Å². The van der Waals surface area contributed by atoms with Crippen LogP contribution >= 0.6 is 11.6 Å².